The number of fused-ring (bicyclic) bond motifs is 1. The number of benzene rings is 2. The Labute approximate surface area is 134 Å². The zero-order chi connectivity index (χ0) is 14.8. The van der Waals surface area contributed by atoms with Crippen LogP contribution in [0.2, 0.25) is 0 Å². The standard InChI is InChI=1S/C16H9BrN2OS/c17-14-4-3-10-7-12(2-1-11(10)8-14)15(20)19-16-13(9-18)5-6-21-16/h1-8H,(H,19,20). The van der Waals surface area contributed by atoms with Crippen LogP contribution in [0.3, 0.4) is 0 Å². The molecule has 3 aromatic rings. The summed E-state index contributed by atoms with van der Waals surface area (Å²) in [4.78, 5) is 12.3. The highest BCUT2D eigenvalue weighted by Gasteiger charge is 2.10. The highest BCUT2D eigenvalue weighted by Crippen LogP contribution is 2.24. The van der Waals surface area contributed by atoms with Crippen LogP contribution in [-0.4, -0.2) is 5.91 Å². The van der Waals surface area contributed by atoms with E-state index in [1.165, 1.54) is 11.3 Å². The Morgan fingerprint density at radius 2 is 1.90 bits per heavy atom. The van der Waals surface area contributed by atoms with Crippen molar-refractivity contribution < 1.29 is 4.79 Å². The average molecular weight is 357 g/mol. The van der Waals surface area contributed by atoms with Gasteiger partial charge in [0.05, 0.1) is 5.56 Å². The molecule has 0 bridgehead atoms. The van der Waals surface area contributed by atoms with Crippen LogP contribution in [0.25, 0.3) is 10.8 Å². The second-order valence-corrected chi connectivity index (χ2v) is 6.27. The predicted octanol–water partition coefficient (Wildman–Crippen LogP) is 4.79. The van der Waals surface area contributed by atoms with Gasteiger partial charge in [-0.25, -0.2) is 0 Å². The number of carbonyl (C=O) groups is 1. The van der Waals surface area contributed by atoms with E-state index in [2.05, 4.69) is 27.3 Å². The SMILES string of the molecule is N#Cc1ccsc1NC(=O)c1ccc2cc(Br)ccc2c1. The van der Waals surface area contributed by atoms with Crippen molar-refractivity contribution in [2.75, 3.05) is 5.32 Å². The minimum absolute atomic E-state index is 0.209. The van der Waals surface area contributed by atoms with E-state index in [9.17, 15) is 4.79 Å². The maximum absolute atomic E-state index is 12.3. The lowest BCUT2D eigenvalue weighted by atomic mass is 10.1. The molecular formula is C16H9BrN2OS. The van der Waals surface area contributed by atoms with Crippen LogP contribution in [0.15, 0.2) is 52.3 Å². The number of nitrogens with zero attached hydrogens (tertiary/aromatic N) is 1. The molecule has 5 heteroatoms. The van der Waals surface area contributed by atoms with Crippen molar-refractivity contribution in [2.45, 2.75) is 0 Å². The van der Waals surface area contributed by atoms with Gasteiger partial charge in [0.2, 0.25) is 0 Å². The molecule has 3 nitrogen and oxygen atoms in total. The Morgan fingerprint density at radius 1 is 1.14 bits per heavy atom. The zero-order valence-corrected chi connectivity index (χ0v) is 13.2. The van der Waals surface area contributed by atoms with Crippen LogP contribution in [0.1, 0.15) is 15.9 Å². The van der Waals surface area contributed by atoms with Gasteiger partial charge in [-0.1, -0.05) is 28.1 Å². The van der Waals surface area contributed by atoms with Crippen molar-refractivity contribution >= 4 is 48.9 Å². The van der Waals surface area contributed by atoms with E-state index in [1.807, 2.05) is 30.3 Å². The van der Waals surface area contributed by atoms with Crippen molar-refractivity contribution in [2.24, 2.45) is 0 Å². The molecule has 0 saturated carbocycles. The Balaban J connectivity index is 1.91. The second-order valence-electron chi connectivity index (χ2n) is 4.44. The summed E-state index contributed by atoms with van der Waals surface area (Å²) in [5.41, 5.74) is 1.06. The van der Waals surface area contributed by atoms with Crippen molar-refractivity contribution in [3.8, 4) is 6.07 Å². The molecule has 2 aromatic carbocycles. The Hall–Kier alpha value is -2.16. The molecule has 0 unspecified atom stereocenters. The van der Waals surface area contributed by atoms with Crippen molar-refractivity contribution in [1.82, 2.24) is 0 Å². The first-order valence-electron chi connectivity index (χ1n) is 6.15. The van der Waals surface area contributed by atoms with Crippen LogP contribution in [0.4, 0.5) is 5.00 Å². The maximum atomic E-state index is 12.3. The van der Waals surface area contributed by atoms with E-state index < -0.39 is 0 Å². The molecule has 0 aliphatic carbocycles. The van der Waals surface area contributed by atoms with Gasteiger partial charge in [0.15, 0.2) is 0 Å². The van der Waals surface area contributed by atoms with E-state index in [0.717, 1.165) is 15.2 Å². The summed E-state index contributed by atoms with van der Waals surface area (Å²) in [7, 11) is 0. The van der Waals surface area contributed by atoms with E-state index in [0.29, 0.717) is 16.1 Å². The molecule has 0 aliphatic heterocycles. The van der Waals surface area contributed by atoms with Gasteiger partial charge in [0.1, 0.15) is 11.1 Å². The third-order valence-electron chi connectivity index (χ3n) is 3.08. The number of nitriles is 1. The number of nitrogens with one attached hydrogen (secondary N) is 1. The van der Waals surface area contributed by atoms with Crippen LogP contribution in [0, 0.1) is 11.3 Å². The molecule has 102 valence electrons. The first-order valence-corrected chi connectivity index (χ1v) is 7.83. The Kier molecular flexibility index (Phi) is 3.74. The fraction of sp³-hybridized carbons (Fsp3) is 0. The maximum Gasteiger partial charge on any atom is 0.256 e. The molecule has 1 aromatic heterocycles. The number of hydrogen-bond donors (Lipinski definition) is 1. The summed E-state index contributed by atoms with van der Waals surface area (Å²) in [6.07, 6.45) is 0. The summed E-state index contributed by atoms with van der Waals surface area (Å²) < 4.78 is 1.00. The predicted molar refractivity (Wildman–Crippen MR) is 88.6 cm³/mol. The number of hydrogen-bond acceptors (Lipinski definition) is 3. The summed E-state index contributed by atoms with van der Waals surface area (Å²) in [5.74, 6) is -0.209. The van der Waals surface area contributed by atoms with Crippen LogP contribution >= 0.6 is 27.3 Å². The average Bonchev–Trinajstić information content (AvgIpc) is 2.93. The van der Waals surface area contributed by atoms with E-state index in [4.69, 9.17) is 5.26 Å². The molecule has 0 saturated heterocycles. The third kappa shape index (κ3) is 2.82. The summed E-state index contributed by atoms with van der Waals surface area (Å²) in [5, 5.41) is 16.2. The largest absolute Gasteiger partial charge is 0.312 e. The summed E-state index contributed by atoms with van der Waals surface area (Å²) in [6.45, 7) is 0. The van der Waals surface area contributed by atoms with Gasteiger partial charge in [0.25, 0.3) is 5.91 Å². The van der Waals surface area contributed by atoms with E-state index in [1.54, 1.807) is 17.5 Å². The quantitative estimate of drug-likeness (QED) is 0.717. The minimum Gasteiger partial charge on any atom is -0.312 e. The van der Waals surface area contributed by atoms with Crippen molar-refractivity contribution in [3.05, 3.63) is 63.4 Å². The number of carbonyl (C=O) groups excluding carboxylic acids is 1. The van der Waals surface area contributed by atoms with Gasteiger partial charge >= 0.3 is 0 Å². The van der Waals surface area contributed by atoms with E-state index >= 15 is 0 Å². The van der Waals surface area contributed by atoms with Crippen LogP contribution < -0.4 is 5.32 Å². The summed E-state index contributed by atoms with van der Waals surface area (Å²) >= 11 is 4.77. The van der Waals surface area contributed by atoms with E-state index in [-0.39, 0.29) is 5.91 Å². The van der Waals surface area contributed by atoms with Gasteiger partial charge in [-0.3, -0.25) is 4.79 Å². The van der Waals surface area contributed by atoms with Gasteiger partial charge in [-0.2, -0.15) is 5.26 Å². The topological polar surface area (TPSA) is 52.9 Å². The monoisotopic (exact) mass is 356 g/mol. The molecule has 1 amide bonds. The molecule has 0 spiro atoms. The molecule has 1 heterocycles. The number of anilines is 1. The fourth-order valence-electron chi connectivity index (χ4n) is 2.03. The highest BCUT2D eigenvalue weighted by molar-refractivity contribution is 9.10. The lowest BCUT2D eigenvalue weighted by molar-refractivity contribution is 0.102. The lowest BCUT2D eigenvalue weighted by Gasteiger charge is -2.05. The minimum atomic E-state index is -0.209. The molecule has 0 atom stereocenters. The molecule has 21 heavy (non-hydrogen) atoms. The molecule has 0 radical (unpaired) electrons. The van der Waals surface area contributed by atoms with Gasteiger partial charge in [-0.15, -0.1) is 11.3 Å². The molecular weight excluding hydrogens is 348 g/mol. The number of amides is 1. The Bertz CT molecular complexity index is 879. The van der Waals surface area contributed by atoms with Crippen LogP contribution in [0.5, 0.6) is 0 Å². The molecule has 1 N–H and O–H groups in total. The smallest absolute Gasteiger partial charge is 0.256 e. The van der Waals surface area contributed by atoms with Gasteiger partial charge in [0, 0.05) is 10.0 Å². The Morgan fingerprint density at radius 3 is 2.71 bits per heavy atom. The van der Waals surface area contributed by atoms with Crippen molar-refractivity contribution in [3.63, 3.8) is 0 Å². The highest BCUT2D eigenvalue weighted by atomic mass is 79.9. The summed E-state index contributed by atoms with van der Waals surface area (Å²) in [6, 6.07) is 15.2. The molecule has 0 aliphatic rings. The second kappa shape index (κ2) is 5.68. The third-order valence-corrected chi connectivity index (χ3v) is 4.40. The first kappa shape index (κ1) is 13.8. The first-order chi connectivity index (χ1) is 10.2. The van der Waals surface area contributed by atoms with Crippen molar-refractivity contribution in [1.29, 1.82) is 5.26 Å². The molecule has 3 rings (SSSR count). The number of rotatable bonds is 2. The molecule has 0 fully saturated rings. The van der Waals surface area contributed by atoms with Crippen LogP contribution in [-0.2, 0) is 0 Å². The fourth-order valence-corrected chi connectivity index (χ4v) is 3.14. The van der Waals surface area contributed by atoms with Gasteiger partial charge < -0.3 is 5.32 Å². The van der Waals surface area contributed by atoms with Gasteiger partial charge in [-0.05, 0) is 46.5 Å². The number of thiophene rings is 1. The zero-order valence-electron chi connectivity index (χ0n) is 10.8. The normalized spacial score (nSPS) is 10.3. The lowest BCUT2D eigenvalue weighted by Crippen LogP contribution is -2.11. The number of halogens is 1.